The normalized spacial score (nSPS) is 18.4. The highest BCUT2D eigenvalue weighted by Crippen LogP contribution is 2.33. The van der Waals surface area contributed by atoms with Gasteiger partial charge < -0.3 is 19.4 Å². The fraction of sp³-hybridized carbons (Fsp3) is 0.500. The number of fused-ring (bicyclic) bond motifs is 1. The van der Waals surface area contributed by atoms with Gasteiger partial charge in [-0.3, -0.25) is 4.79 Å². The molecular weight excluding hydrogens is 339 g/mol. The van der Waals surface area contributed by atoms with Crippen molar-refractivity contribution >= 4 is 16.9 Å². The molecule has 1 amide bonds. The number of carbonyl (C=O) groups excluding carboxylic acids is 1. The lowest BCUT2D eigenvalue weighted by atomic mass is 10.3. The minimum Gasteiger partial charge on any atom is -0.376 e. The molecule has 0 aliphatic carbocycles. The average molecular weight is 357 g/mol. The number of hydrogen-bond donors (Lipinski definition) is 1. The molecule has 0 bridgehead atoms. The van der Waals surface area contributed by atoms with Crippen LogP contribution in [0.3, 0.4) is 0 Å². The van der Waals surface area contributed by atoms with E-state index in [0.29, 0.717) is 25.2 Å². The van der Waals surface area contributed by atoms with Crippen LogP contribution in [-0.2, 0) is 27.0 Å². The number of aromatic nitrogens is 2. The van der Waals surface area contributed by atoms with E-state index < -0.39 is 11.9 Å². The Morgan fingerprint density at radius 2 is 2.24 bits per heavy atom. The first-order chi connectivity index (χ1) is 11.9. The average Bonchev–Trinajstić information content (AvgIpc) is 2.98. The summed E-state index contributed by atoms with van der Waals surface area (Å²) in [6.45, 7) is 1.55. The van der Waals surface area contributed by atoms with Gasteiger partial charge in [0.2, 0.25) is 5.91 Å². The number of amides is 1. The molecule has 136 valence electrons. The topological polar surface area (TPSA) is 65.4 Å². The molecule has 25 heavy (non-hydrogen) atoms. The number of nitrogens with zero attached hydrogens (tertiary/aromatic N) is 2. The Hall–Kier alpha value is -2.13. The summed E-state index contributed by atoms with van der Waals surface area (Å²) in [5.41, 5.74) is -0.593. The van der Waals surface area contributed by atoms with E-state index in [1.54, 1.807) is 12.1 Å². The van der Waals surface area contributed by atoms with Crippen LogP contribution in [0.25, 0.3) is 11.0 Å². The number of ether oxygens (including phenoxy) is 2. The molecule has 1 atom stereocenters. The van der Waals surface area contributed by atoms with Crippen molar-refractivity contribution in [3.8, 4) is 0 Å². The fourth-order valence-electron chi connectivity index (χ4n) is 2.73. The zero-order valence-electron chi connectivity index (χ0n) is 13.4. The predicted octanol–water partition coefficient (Wildman–Crippen LogP) is 1.98. The molecule has 1 N–H and O–H groups in total. The van der Waals surface area contributed by atoms with Crippen LogP contribution in [0.1, 0.15) is 12.1 Å². The number of hydrogen-bond acceptors (Lipinski definition) is 4. The van der Waals surface area contributed by atoms with Gasteiger partial charge in [0.05, 0.1) is 25.9 Å². The van der Waals surface area contributed by atoms with E-state index in [1.165, 1.54) is 6.20 Å². The van der Waals surface area contributed by atoms with E-state index in [1.807, 2.05) is 0 Å². The van der Waals surface area contributed by atoms with Crippen molar-refractivity contribution in [3.63, 3.8) is 0 Å². The van der Waals surface area contributed by atoms with Crippen molar-refractivity contribution in [1.29, 1.82) is 0 Å². The van der Waals surface area contributed by atoms with Gasteiger partial charge in [-0.25, -0.2) is 4.98 Å². The smallest absolute Gasteiger partial charge is 0.376 e. The molecule has 9 heteroatoms. The van der Waals surface area contributed by atoms with Crippen molar-refractivity contribution in [3.05, 3.63) is 30.1 Å². The summed E-state index contributed by atoms with van der Waals surface area (Å²) in [6, 6.07) is 4.19. The second-order valence-electron chi connectivity index (χ2n) is 5.72. The summed E-state index contributed by atoms with van der Waals surface area (Å²) in [6.07, 6.45) is -3.39. The van der Waals surface area contributed by atoms with Gasteiger partial charge in [-0.05, 0) is 18.2 Å². The minimum absolute atomic E-state index is 0.0863. The Kier molecular flexibility index (Phi) is 5.24. The molecule has 3 rings (SSSR count). The SMILES string of the molecule is O=C(CCn1c(C(F)(F)F)cc2cccnc21)NC[C@H]1COCCO1. The molecule has 0 saturated carbocycles. The Morgan fingerprint density at radius 1 is 1.40 bits per heavy atom. The van der Waals surface area contributed by atoms with Gasteiger partial charge in [0.25, 0.3) is 0 Å². The van der Waals surface area contributed by atoms with E-state index in [4.69, 9.17) is 9.47 Å². The lowest BCUT2D eigenvalue weighted by Gasteiger charge is -2.23. The quantitative estimate of drug-likeness (QED) is 0.889. The first-order valence-electron chi connectivity index (χ1n) is 7.92. The van der Waals surface area contributed by atoms with Gasteiger partial charge in [0.15, 0.2) is 0 Å². The number of halogens is 3. The Morgan fingerprint density at radius 3 is 2.96 bits per heavy atom. The van der Waals surface area contributed by atoms with Crippen LogP contribution in [0, 0.1) is 0 Å². The third kappa shape index (κ3) is 4.29. The molecule has 1 aliphatic heterocycles. The highest BCUT2D eigenvalue weighted by atomic mass is 19.4. The number of pyridine rings is 1. The molecule has 1 fully saturated rings. The van der Waals surface area contributed by atoms with E-state index in [-0.39, 0.29) is 37.2 Å². The lowest BCUT2D eigenvalue weighted by Crippen LogP contribution is -2.39. The maximum atomic E-state index is 13.2. The summed E-state index contributed by atoms with van der Waals surface area (Å²) in [7, 11) is 0. The molecular formula is C16H18F3N3O3. The summed E-state index contributed by atoms with van der Waals surface area (Å²) < 4.78 is 51.3. The van der Waals surface area contributed by atoms with Gasteiger partial charge in [-0.15, -0.1) is 0 Å². The van der Waals surface area contributed by atoms with Crippen LogP contribution in [0.4, 0.5) is 13.2 Å². The van der Waals surface area contributed by atoms with Crippen LogP contribution < -0.4 is 5.32 Å². The molecule has 3 heterocycles. The molecule has 1 aliphatic rings. The third-order valence-corrected chi connectivity index (χ3v) is 3.92. The molecule has 6 nitrogen and oxygen atoms in total. The maximum absolute atomic E-state index is 13.2. The van der Waals surface area contributed by atoms with Gasteiger partial charge in [0.1, 0.15) is 11.3 Å². The number of nitrogens with one attached hydrogen (secondary N) is 1. The Labute approximate surface area is 141 Å². The lowest BCUT2D eigenvalue weighted by molar-refractivity contribution is -0.143. The second kappa shape index (κ2) is 7.40. The van der Waals surface area contributed by atoms with Crippen LogP contribution in [0.5, 0.6) is 0 Å². The van der Waals surface area contributed by atoms with Gasteiger partial charge in [-0.2, -0.15) is 13.2 Å². The Balaban J connectivity index is 1.64. The monoisotopic (exact) mass is 357 g/mol. The second-order valence-corrected chi connectivity index (χ2v) is 5.72. The van der Waals surface area contributed by atoms with Crippen LogP contribution >= 0.6 is 0 Å². The predicted molar refractivity (Wildman–Crippen MR) is 82.9 cm³/mol. The first kappa shape index (κ1) is 17.7. The number of alkyl halides is 3. The summed E-state index contributed by atoms with van der Waals surface area (Å²) in [4.78, 5) is 16.0. The number of carbonyl (C=O) groups is 1. The highest BCUT2D eigenvalue weighted by Gasteiger charge is 2.35. The largest absolute Gasteiger partial charge is 0.431 e. The van der Waals surface area contributed by atoms with Crippen molar-refractivity contribution in [2.24, 2.45) is 0 Å². The van der Waals surface area contributed by atoms with Gasteiger partial charge in [0, 0.05) is 31.1 Å². The summed E-state index contributed by atoms with van der Waals surface area (Å²) in [5.74, 6) is -0.347. The molecule has 2 aromatic heterocycles. The molecule has 2 aromatic rings. The number of aryl methyl sites for hydroxylation is 1. The molecule has 0 radical (unpaired) electrons. The molecule has 0 spiro atoms. The maximum Gasteiger partial charge on any atom is 0.431 e. The third-order valence-electron chi connectivity index (χ3n) is 3.92. The van der Waals surface area contributed by atoms with E-state index >= 15 is 0 Å². The fourth-order valence-corrected chi connectivity index (χ4v) is 2.73. The molecule has 0 unspecified atom stereocenters. The summed E-state index contributed by atoms with van der Waals surface area (Å²) >= 11 is 0. The van der Waals surface area contributed by atoms with E-state index in [2.05, 4.69) is 10.3 Å². The zero-order valence-corrected chi connectivity index (χ0v) is 13.4. The van der Waals surface area contributed by atoms with Gasteiger partial charge in [-0.1, -0.05) is 0 Å². The van der Waals surface area contributed by atoms with Crippen LogP contribution in [-0.4, -0.2) is 47.9 Å². The van der Waals surface area contributed by atoms with Crippen molar-refractivity contribution < 1.29 is 27.4 Å². The standard InChI is InChI=1S/C16H18F3N3O3/c17-16(18,19)13-8-11-2-1-4-20-15(11)22(13)5-3-14(23)21-9-12-10-24-6-7-25-12/h1-2,4,8,12H,3,5-7,9-10H2,(H,21,23)/t12-/m0/s1. The zero-order chi connectivity index (χ0) is 17.9. The number of rotatable bonds is 5. The van der Waals surface area contributed by atoms with E-state index in [9.17, 15) is 18.0 Å². The molecule has 1 saturated heterocycles. The van der Waals surface area contributed by atoms with Crippen LogP contribution in [0.15, 0.2) is 24.4 Å². The van der Waals surface area contributed by atoms with Crippen molar-refractivity contribution in [1.82, 2.24) is 14.9 Å². The van der Waals surface area contributed by atoms with Crippen LogP contribution in [0.2, 0.25) is 0 Å². The van der Waals surface area contributed by atoms with Crippen molar-refractivity contribution in [2.75, 3.05) is 26.4 Å². The highest BCUT2D eigenvalue weighted by molar-refractivity contribution is 5.79. The molecule has 0 aromatic carbocycles. The summed E-state index contributed by atoms with van der Waals surface area (Å²) in [5, 5.41) is 3.05. The van der Waals surface area contributed by atoms with Crippen molar-refractivity contribution in [2.45, 2.75) is 25.2 Å². The first-order valence-corrected chi connectivity index (χ1v) is 7.92. The van der Waals surface area contributed by atoms with Gasteiger partial charge >= 0.3 is 6.18 Å². The Bertz CT molecular complexity index is 739. The van der Waals surface area contributed by atoms with E-state index in [0.717, 1.165) is 10.6 Å². The minimum atomic E-state index is -4.51.